The summed E-state index contributed by atoms with van der Waals surface area (Å²) in [5.41, 5.74) is 0.210. The summed E-state index contributed by atoms with van der Waals surface area (Å²) in [5, 5.41) is 0.432. The van der Waals surface area contributed by atoms with Gasteiger partial charge < -0.3 is 13.8 Å². The van der Waals surface area contributed by atoms with Crippen LogP contribution in [0.3, 0.4) is 0 Å². The maximum Gasteiger partial charge on any atom is 0.375 e. The highest BCUT2D eigenvalue weighted by molar-refractivity contribution is 7.54. The van der Waals surface area contributed by atoms with E-state index in [-0.39, 0.29) is 28.8 Å². The Labute approximate surface area is 134 Å². The van der Waals surface area contributed by atoms with E-state index in [9.17, 15) is 9.36 Å². The molecule has 0 aliphatic rings. The second-order valence-electron chi connectivity index (χ2n) is 3.97. The maximum atomic E-state index is 12.9. The number of carbonyl (C=O) groups is 1. The van der Waals surface area contributed by atoms with Gasteiger partial charge in [-0.15, -0.1) is 0 Å². The van der Waals surface area contributed by atoms with Crippen LogP contribution in [0, 0.1) is 0 Å². The number of ether oxygens (including phenoxy) is 1. The summed E-state index contributed by atoms with van der Waals surface area (Å²) in [6.45, 7) is 4.75. The summed E-state index contributed by atoms with van der Waals surface area (Å²) >= 11 is 12.2. The van der Waals surface area contributed by atoms with E-state index in [0.717, 1.165) is 0 Å². The topological polar surface area (TPSA) is 61.8 Å². The van der Waals surface area contributed by atoms with Gasteiger partial charge in [0.2, 0.25) is 5.85 Å². The summed E-state index contributed by atoms with van der Waals surface area (Å²) < 4.78 is 28.5. The Morgan fingerprint density at radius 1 is 1.19 bits per heavy atom. The molecule has 0 N–H and O–H groups in total. The number of esters is 1. The average Bonchev–Trinajstić information content (AvgIpc) is 2.37. The lowest BCUT2D eigenvalue weighted by atomic mass is 10.2. The lowest BCUT2D eigenvalue weighted by molar-refractivity contribution is -0.144. The fourth-order valence-corrected chi connectivity index (χ4v) is 4.40. The van der Waals surface area contributed by atoms with E-state index < -0.39 is 19.4 Å². The molecule has 0 fully saturated rings. The zero-order valence-corrected chi connectivity index (χ0v) is 14.4. The van der Waals surface area contributed by atoms with Gasteiger partial charge in [-0.2, -0.15) is 0 Å². The summed E-state index contributed by atoms with van der Waals surface area (Å²) in [6.07, 6.45) is 0. The molecule has 21 heavy (non-hydrogen) atoms. The first-order valence-electron chi connectivity index (χ1n) is 6.35. The second kappa shape index (κ2) is 8.16. The van der Waals surface area contributed by atoms with Gasteiger partial charge in [0.1, 0.15) is 0 Å². The first-order chi connectivity index (χ1) is 9.85. The van der Waals surface area contributed by atoms with Crippen LogP contribution in [0.5, 0.6) is 0 Å². The summed E-state index contributed by atoms with van der Waals surface area (Å²) in [7, 11) is -3.77. The molecule has 0 saturated carbocycles. The molecule has 1 aromatic rings. The van der Waals surface area contributed by atoms with E-state index >= 15 is 0 Å². The Balaban J connectivity index is 3.40. The van der Waals surface area contributed by atoms with Crippen molar-refractivity contribution in [3.8, 4) is 0 Å². The van der Waals surface area contributed by atoms with Crippen LogP contribution in [0.1, 0.15) is 32.2 Å². The fraction of sp³-hybridized carbons (Fsp3) is 0.462. The van der Waals surface area contributed by atoms with Gasteiger partial charge in [0.15, 0.2) is 0 Å². The van der Waals surface area contributed by atoms with Gasteiger partial charge in [-0.25, -0.2) is 0 Å². The van der Waals surface area contributed by atoms with Crippen molar-refractivity contribution in [2.75, 3.05) is 13.2 Å². The molecule has 0 amide bonds. The number of carbonyl (C=O) groups excluding carboxylic acids is 1. The van der Waals surface area contributed by atoms with E-state index in [4.69, 9.17) is 37.0 Å². The second-order valence-corrected chi connectivity index (χ2v) is 6.85. The van der Waals surface area contributed by atoms with Gasteiger partial charge in [0.25, 0.3) is 0 Å². The van der Waals surface area contributed by atoms with Gasteiger partial charge in [-0.3, -0.25) is 9.36 Å². The van der Waals surface area contributed by atoms with Gasteiger partial charge in [-0.1, -0.05) is 29.3 Å². The van der Waals surface area contributed by atoms with Crippen molar-refractivity contribution in [2.45, 2.75) is 26.6 Å². The molecule has 1 rings (SSSR count). The molecular weight excluding hydrogens is 338 g/mol. The average molecular weight is 355 g/mol. The van der Waals surface area contributed by atoms with Crippen LogP contribution in [-0.2, 0) is 23.1 Å². The monoisotopic (exact) mass is 354 g/mol. The van der Waals surface area contributed by atoms with Crippen LogP contribution >= 0.6 is 30.8 Å². The third-order valence-electron chi connectivity index (χ3n) is 2.43. The number of benzene rings is 1. The smallest absolute Gasteiger partial charge is 0.375 e. The fourth-order valence-electron chi connectivity index (χ4n) is 1.72. The lowest BCUT2D eigenvalue weighted by Gasteiger charge is -2.27. The lowest BCUT2D eigenvalue weighted by Crippen LogP contribution is -2.14. The zero-order valence-electron chi connectivity index (χ0n) is 12.0. The highest BCUT2D eigenvalue weighted by Crippen LogP contribution is 2.63. The molecule has 0 radical (unpaired) electrons. The molecule has 0 aromatic heterocycles. The summed E-state index contributed by atoms with van der Waals surface area (Å²) in [6, 6.07) is 4.74. The van der Waals surface area contributed by atoms with Crippen LogP contribution in [0.15, 0.2) is 18.2 Å². The van der Waals surface area contributed by atoms with Crippen LogP contribution in [0.4, 0.5) is 0 Å². The molecule has 1 aromatic carbocycles. The van der Waals surface area contributed by atoms with E-state index in [1.807, 2.05) is 0 Å². The molecule has 0 bridgehead atoms. The van der Waals surface area contributed by atoms with Crippen LogP contribution < -0.4 is 0 Å². The van der Waals surface area contributed by atoms with E-state index in [1.54, 1.807) is 32.0 Å². The molecule has 0 spiro atoms. The third-order valence-corrected chi connectivity index (χ3v) is 5.26. The first-order valence-corrected chi connectivity index (χ1v) is 8.72. The number of rotatable bonds is 7. The van der Waals surface area contributed by atoms with Crippen molar-refractivity contribution in [3.63, 3.8) is 0 Å². The molecule has 1 unspecified atom stereocenters. The van der Waals surface area contributed by atoms with Crippen molar-refractivity contribution in [1.29, 1.82) is 0 Å². The molecule has 0 heterocycles. The molecule has 1 atom stereocenters. The van der Waals surface area contributed by atoms with Crippen molar-refractivity contribution in [1.82, 2.24) is 0 Å². The predicted molar refractivity (Wildman–Crippen MR) is 81.8 cm³/mol. The minimum absolute atomic E-state index is 0.122. The number of halogens is 2. The minimum atomic E-state index is -3.77. The van der Waals surface area contributed by atoms with E-state index in [1.165, 1.54) is 6.92 Å². The summed E-state index contributed by atoms with van der Waals surface area (Å²) in [4.78, 5) is 11.4. The van der Waals surface area contributed by atoms with Gasteiger partial charge in [0.05, 0.1) is 13.2 Å². The van der Waals surface area contributed by atoms with Crippen LogP contribution in [-0.4, -0.2) is 19.2 Å². The normalized spacial score (nSPS) is 13.0. The third kappa shape index (κ3) is 4.70. The molecule has 0 aliphatic carbocycles. The van der Waals surface area contributed by atoms with E-state index in [0.29, 0.717) is 0 Å². The Hall–Kier alpha value is -0.580. The number of hydrogen-bond donors (Lipinski definition) is 0. The van der Waals surface area contributed by atoms with Crippen LogP contribution in [0.25, 0.3) is 0 Å². The van der Waals surface area contributed by atoms with Crippen molar-refractivity contribution in [3.05, 3.63) is 33.8 Å². The van der Waals surface area contributed by atoms with Crippen molar-refractivity contribution >= 4 is 36.8 Å². The van der Waals surface area contributed by atoms with Gasteiger partial charge in [-0.05, 0) is 26.0 Å². The molecule has 5 nitrogen and oxygen atoms in total. The van der Waals surface area contributed by atoms with Crippen molar-refractivity contribution in [2.24, 2.45) is 0 Å². The van der Waals surface area contributed by atoms with Gasteiger partial charge in [0, 0.05) is 22.5 Å². The SMILES string of the molecule is CCOP(=O)(OCC)C(OC(C)=O)c1c(Cl)cccc1Cl. The Bertz CT molecular complexity index is 519. The molecule has 0 aliphatic heterocycles. The maximum absolute atomic E-state index is 12.9. The highest BCUT2D eigenvalue weighted by atomic mass is 35.5. The molecule has 118 valence electrons. The molecule has 8 heteroatoms. The minimum Gasteiger partial charge on any atom is -0.444 e. The molecular formula is C13H17Cl2O5P. The zero-order chi connectivity index (χ0) is 16.0. The van der Waals surface area contributed by atoms with E-state index in [2.05, 4.69) is 0 Å². The summed E-state index contributed by atoms with van der Waals surface area (Å²) in [5.74, 6) is -1.95. The quantitative estimate of drug-likeness (QED) is 0.518. The predicted octanol–water partition coefficient (Wildman–Crippen LogP) is 4.82. The van der Waals surface area contributed by atoms with Gasteiger partial charge >= 0.3 is 13.6 Å². The van der Waals surface area contributed by atoms with Crippen molar-refractivity contribution < 1.29 is 23.1 Å². The standard InChI is InChI=1S/C13H17Cl2O5P/c1-4-18-21(17,19-5-2)13(20-9(3)16)12-10(14)7-6-8-11(12)15/h6-8,13H,4-5H2,1-3H3. The first kappa shape index (κ1) is 18.5. The number of hydrogen-bond acceptors (Lipinski definition) is 5. The highest BCUT2D eigenvalue weighted by Gasteiger charge is 2.42. The Morgan fingerprint density at radius 2 is 1.67 bits per heavy atom. The van der Waals surface area contributed by atoms with Crippen LogP contribution in [0.2, 0.25) is 10.0 Å². The Kier molecular flexibility index (Phi) is 7.17. The largest absolute Gasteiger partial charge is 0.444 e. The molecule has 0 saturated heterocycles. The Morgan fingerprint density at radius 3 is 2.05 bits per heavy atom.